The van der Waals surface area contributed by atoms with E-state index in [0.717, 1.165) is 6.42 Å². The number of carboxylic acids is 1. The zero-order valence-electron chi connectivity index (χ0n) is 14.5. The van der Waals surface area contributed by atoms with E-state index in [9.17, 15) is 19.5 Å². The van der Waals surface area contributed by atoms with Gasteiger partial charge in [-0.3, -0.25) is 9.59 Å². The molecule has 0 unspecified atom stereocenters. The fraction of sp³-hybridized carbons (Fsp3) is 0.800. The van der Waals surface area contributed by atoms with E-state index >= 15 is 0 Å². The van der Waals surface area contributed by atoms with Crippen molar-refractivity contribution in [3.05, 3.63) is 0 Å². The normalized spacial score (nSPS) is 16.1. The molecule has 0 aromatic heterocycles. The minimum atomic E-state index is -1.28. The highest BCUT2D eigenvalue weighted by Gasteiger charge is 2.31. The van der Waals surface area contributed by atoms with E-state index in [2.05, 4.69) is 10.6 Å². The number of hydrogen-bond acceptors (Lipinski definition) is 6. The third-order valence-electron chi connectivity index (χ3n) is 3.60. The molecule has 0 aliphatic carbocycles. The highest BCUT2D eigenvalue weighted by atomic mass is 16.4. The Morgan fingerprint density at radius 3 is 1.96 bits per heavy atom. The number of aliphatic hydroxyl groups is 1. The highest BCUT2D eigenvalue weighted by molar-refractivity contribution is 5.92. The van der Waals surface area contributed by atoms with Gasteiger partial charge in [-0.1, -0.05) is 20.3 Å². The van der Waals surface area contributed by atoms with Crippen LogP contribution in [-0.2, 0) is 14.4 Å². The van der Waals surface area contributed by atoms with Crippen molar-refractivity contribution in [2.45, 2.75) is 64.3 Å². The monoisotopic (exact) mass is 346 g/mol. The Balaban J connectivity index is 4.81. The average molecular weight is 346 g/mol. The van der Waals surface area contributed by atoms with E-state index in [1.807, 2.05) is 0 Å². The van der Waals surface area contributed by atoms with E-state index in [-0.39, 0.29) is 5.92 Å². The lowest BCUT2D eigenvalue weighted by molar-refractivity contribution is -0.144. The molecule has 0 rings (SSSR count). The Hall–Kier alpha value is -1.71. The number of carbonyl (C=O) groups excluding carboxylic acids is 2. The average Bonchev–Trinajstić information content (AvgIpc) is 2.48. The van der Waals surface area contributed by atoms with Gasteiger partial charge in [0.25, 0.3) is 0 Å². The molecule has 0 aliphatic rings. The minimum Gasteiger partial charge on any atom is -0.480 e. The smallest absolute Gasteiger partial charge is 0.326 e. The standard InChI is InChI=1S/C15H30N4O5/c1-8(2)11(15(23)24)18-14(22)12(9(3)20)19-13(21)10(17)6-4-5-7-16/h8-12,20H,4-7,16-17H2,1-3H3,(H,18,22)(H,19,21)(H,23,24)/t9-,10+,11+,12+/m1/s1. The van der Waals surface area contributed by atoms with Gasteiger partial charge in [-0.15, -0.1) is 0 Å². The molecule has 0 aromatic rings. The predicted octanol–water partition coefficient (Wildman–Crippen LogP) is -1.47. The first-order valence-electron chi connectivity index (χ1n) is 8.09. The second-order valence-corrected chi connectivity index (χ2v) is 6.19. The van der Waals surface area contributed by atoms with Gasteiger partial charge < -0.3 is 32.3 Å². The van der Waals surface area contributed by atoms with Gasteiger partial charge in [0.2, 0.25) is 11.8 Å². The third kappa shape index (κ3) is 7.71. The summed E-state index contributed by atoms with van der Waals surface area (Å²) in [5.74, 6) is -2.89. The van der Waals surface area contributed by atoms with E-state index in [4.69, 9.17) is 16.6 Å². The molecule has 0 heterocycles. The molecule has 0 saturated heterocycles. The molecule has 0 fully saturated rings. The summed E-state index contributed by atoms with van der Waals surface area (Å²) >= 11 is 0. The largest absolute Gasteiger partial charge is 0.480 e. The van der Waals surface area contributed by atoms with Crippen molar-refractivity contribution in [3.8, 4) is 0 Å². The first kappa shape index (κ1) is 22.3. The molecule has 8 N–H and O–H groups in total. The van der Waals surface area contributed by atoms with E-state index in [1.54, 1.807) is 13.8 Å². The summed E-state index contributed by atoms with van der Waals surface area (Å²) in [7, 11) is 0. The van der Waals surface area contributed by atoms with Crippen LogP contribution in [0, 0.1) is 5.92 Å². The Bertz CT molecular complexity index is 428. The number of unbranched alkanes of at least 4 members (excludes halogenated alkanes) is 1. The van der Waals surface area contributed by atoms with Crippen LogP contribution < -0.4 is 22.1 Å². The van der Waals surface area contributed by atoms with Crippen molar-refractivity contribution in [3.63, 3.8) is 0 Å². The number of nitrogens with two attached hydrogens (primary N) is 2. The maximum atomic E-state index is 12.2. The Kier molecular flexibility index (Phi) is 10.2. The van der Waals surface area contributed by atoms with Crippen molar-refractivity contribution in [1.29, 1.82) is 0 Å². The molecule has 0 aromatic carbocycles. The predicted molar refractivity (Wildman–Crippen MR) is 88.9 cm³/mol. The number of nitrogens with one attached hydrogen (secondary N) is 2. The third-order valence-corrected chi connectivity index (χ3v) is 3.60. The van der Waals surface area contributed by atoms with Crippen molar-refractivity contribution < 1.29 is 24.6 Å². The molecule has 0 aliphatic heterocycles. The fourth-order valence-electron chi connectivity index (χ4n) is 2.06. The lowest BCUT2D eigenvalue weighted by Gasteiger charge is -2.25. The number of aliphatic carboxylic acids is 1. The van der Waals surface area contributed by atoms with Gasteiger partial charge in [-0.2, -0.15) is 0 Å². The molecule has 0 saturated carbocycles. The molecule has 9 heteroatoms. The summed E-state index contributed by atoms with van der Waals surface area (Å²) in [5, 5.41) is 23.5. The van der Waals surface area contributed by atoms with Crippen molar-refractivity contribution in [1.82, 2.24) is 10.6 Å². The molecule has 2 amide bonds. The molecule has 4 atom stereocenters. The fourth-order valence-corrected chi connectivity index (χ4v) is 2.06. The number of rotatable bonds is 11. The van der Waals surface area contributed by atoms with Crippen LogP contribution in [0.3, 0.4) is 0 Å². The van der Waals surface area contributed by atoms with Crippen LogP contribution in [0.5, 0.6) is 0 Å². The summed E-state index contributed by atoms with van der Waals surface area (Å²) in [6.07, 6.45) is 0.605. The Morgan fingerprint density at radius 1 is 1.00 bits per heavy atom. The summed E-state index contributed by atoms with van der Waals surface area (Å²) in [5.41, 5.74) is 11.1. The molecular formula is C15H30N4O5. The lowest BCUT2D eigenvalue weighted by atomic mass is 10.0. The zero-order valence-corrected chi connectivity index (χ0v) is 14.5. The van der Waals surface area contributed by atoms with Crippen molar-refractivity contribution in [2.24, 2.45) is 17.4 Å². The summed E-state index contributed by atoms with van der Waals surface area (Å²) in [4.78, 5) is 35.4. The van der Waals surface area contributed by atoms with Gasteiger partial charge in [-0.05, 0) is 32.2 Å². The molecule has 0 spiro atoms. The number of aliphatic hydroxyl groups excluding tert-OH is 1. The van der Waals surface area contributed by atoms with E-state index < -0.39 is 42.0 Å². The van der Waals surface area contributed by atoms with Gasteiger partial charge in [0.15, 0.2) is 0 Å². The molecule has 0 radical (unpaired) electrons. The zero-order chi connectivity index (χ0) is 18.9. The van der Waals surface area contributed by atoms with Crippen LogP contribution >= 0.6 is 0 Å². The molecule has 140 valence electrons. The maximum Gasteiger partial charge on any atom is 0.326 e. The SMILES string of the molecule is CC(C)[C@H](NC(=O)[C@@H](NC(=O)[C@@H](N)CCCCN)[C@@H](C)O)C(=O)O. The van der Waals surface area contributed by atoms with Gasteiger partial charge in [0.1, 0.15) is 12.1 Å². The van der Waals surface area contributed by atoms with E-state index in [1.165, 1.54) is 6.92 Å². The summed E-state index contributed by atoms with van der Waals surface area (Å²) < 4.78 is 0. The topological polar surface area (TPSA) is 168 Å². The summed E-state index contributed by atoms with van der Waals surface area (Å²) in [6.45, 7) is 5.11. The Labute approximate surface area is 142 Å². The quantitative estimate of drug-likeness (QED) is 0.248. The molecule has 9 nitrogen and oxygen atoms in total. The van der Waals surface area contributed by atoms with Crippen LogP contribution in [0.4, 0.5) is 0 Å². The second-order valence-electron chi connectivity index (χ2n) is 6.19. The van der Waals surface area contributed by atoms with Gasteiger partial charge in [-0.25, -0.2) is 4.79 Å². The Morgan fingerprint density at radius 2 is 1.54 bits per heavy atom. The highest BCUT2D eigenvalue weighted by Crippen LogP contribution is 2.05. The van der Waals surface area contributed by atoms with Crippen LogP contribution in [0.1, 0.15) is 40.0 Å². The molecule has 24 heavy (non-hydrogen) atoms. The minimum absolute atomic E-state index is 0.352. The maximum absolute atomic E-state index is 12.2. The van der Waals surface area contributed by atoms with Gasteiger partial charge in [0.05, 0.1) is 12.1 Å². The lowest BCUT2D eigenvalue weighted by Crippen LogP contribution is -2.58. The number of amides is 2. The van der Waals surface area contributed by atoms with Crippen LogP contribution in [0.25, 0.3) is 0 Å². The van der Waals surface area contributed by atoms with Crippen LogP contribution in [-0.4, -0.2) is 58.8 Å². The van der Waals surface area contributed by atoms with Gasteiger partial charge in [0, 0.05) is 0 Å². The van der Waals surface area contributed by atoms with Crippen molar-refractivity contribution >= 4 is 17.8 Å². The first-order chi connectivity index (χ1) is 11.1. The number of carboxylic acid groups (broad SMARTS) is 1. The van der Waals surface area contributed by atoms with Gasteiger partial charge >= 0.3 is 5.97 Å². The second kappa shape index (κ2) is 11.0. The van der Waals surface area contributed by atoms with E-state index in [0.29, 0.717) is 19.4 Å². The molecule has 0 bridgehead atoms. The van der Waals surface area contributed by atoms with Crippen molar-refractivity contribution in [2.75, 3.05) is 6.54 Å². The molecular weight excluding hydrogens is 316 g/mol. The number of hydrogen-bond donors (Lipinski definition) is 6. The van der Waals surface area contributed by atoms with Crippen LogP contribution in [0.2, 0.25) is 0 Å². The first-order valence-corrected chi connectivity index (χ1v) is 8.09. The summed E-state index contributed by atoms with van der Waals surface area (Å²) in [6, 6.07) is -3.22. The van der Waals surface area contributed by atoms with Crippen LogP contribution in [0.15, 0.2) is 0 Å². The number of carbonyl (C=O) groups is 3.